The lowest BCUT2D eigenvalue weighted by Gasteiger charge is -2.17. The molecule has 0 saturated heterocycles. The Morgan fingerprint density at radius 1 is 1.67 bits per heavy atom. The first kappa shape index (κ1) is 7.28. The van der Waals surface area contributed by atoms with Gasteiger partial charge in [0.15, 0.2) is 0 Å². The van der Waals surface area contributed by atoms with Crippen LogP contribution in [0.3, 0.4) is 0 Å². The van der Waals surface area contributed by atoms with E-state index in [0.29, 0.717) is 6.42 Å². The number of carbonyl (C=O) groups is 1. The van der Waals surface area contributed by atoms with Crippen molar-refractivity contribution in [2.24, 2.45) is 16.6 Å². The molecule has 0 aromatic carbocycles. The maximum Gasteiger partial charge on any atom is 0.221 e. The van der Waals surface area contributed by atoms with Crippen LogP contribution in [0.15, 0.2) is 28.9 Å². The van der Waals surface area contributed by atoms with Crippen LogP contribution in [0.4, 0.5) is 0 Å². The standard InChI is InChI=1S/C9H10N2O/c10-9(12)7-2-1-6-3-4-11-8(6)5-7/h1,3-4,7H,2,5H2,(H2,10,12). The van der Waals surface area contributed by atoms with Crippen LogP contribution in [-0.2, 0) is 4.79 Å². The summed E-state index contributed by atoms with van der Waals surface area (Å²) < 4.78 is 0. The maximum atomic E-state index is 10.9. The van der Waals surface area contributed by atoms with Crippen molar-refractivity contribution in [3.63, 3.8) is 0 Å². The van der Waals surface area contributed by atoms with Crippen molar-refractivity contribution in [3.05, 3.63) is 23.9 Å². The number of carbonyl (C=O) groups excluding carboxylic acids is 1. The number of amides is 1. The van der Waals surface area contributed by atoms with Gasteiger partial charge in [-0.3, -0.25) is 9.79 Å². The van der Waals surface area contributed by atoms with Gasteiger partial charge in [-0.15, -0.1) is 0 Å². The molecule has 1 aliphatic heterocycles. The predicted molar refractivity (Wildman–Crippen MR) is 46.6 cm³/mol. The fourth-order valence-electron chi connectivity index (χ4n) is 1.54. The van der Waals surface area contributed by atoms with Crippen LogP contribution in [0.5, 0.6) is 0 Å². The highest BCUT2D eigenvalue weighted by atomic mass is 16.1. The van der Waals surface area contributed by atoms with Crippen LogP contribution in [0, 0.1) is 5.92 Å². The Morgan fingerprint density at radius 3 is 3.25 bits per heavy atom. The summed E-state index contributed by atoms with van der Waals surface area (Å²) in [5.74, 6) is -0.271. The minimum atomic E-state index is -0.222. The van der Waals surface area contributed by atoms with Crippen molar-refractivity contribution in [2.75, 3.05) is 0 Å². The molecule has 1 atom stereocenters. The molecule has 0 fully saturated rings. The average molecular weight is 162 g/mol. The fourth-order valence-corrected chi connectivity index (χ4v) is 1.54. The highest BCUT2D eigenvalue weighted by Gasteiger charge is 2.23. The molecule has 3 heteroatoms. The first-order chi connectivity index (χ1) is 5.77. The highest BCUT2D eigenvalue weighted by molar-refractivity contribution is 6.07. The summed E-state index contributed by atoms with van der Waals surface area (Å²) in [6, 6.07) is 0. The van der Waals surface area contributed by atoms with Crippen molar-refractivity contribution in [3.8, 4) is 0 Å². The summed E-state index contributed by atoms with van der Waals surface area (Å²) in [7, 11) is 0. The monoisotopic (exact) mass is 162 g/mol. The summed E-state index contributed by atoms with van der Waals surface area (Å²) >= 11 is 0. The molecule has 3 nitrogen and oxygen atoms in total. The van der Waals surface area contributed by atoms with Gasteiger partial charge in [0.2, 0.25) is 5.91 Å². The van der Waals surface area contributed by atoms with Crippen LogP contribution in [0.2, 0.25) is 0 Å². The zero-order chi connectivity index (χ0) is 8.55. The van der Waals surface area contributed by atoms with E-state index in [0.717, 1.165) is 17.7 Å². The van der Waals surface area contributed by atoms with E-state index in [4.69, 9.17) is 5.73 Å². The number of hydrogen-bond donors (Lipinski definition) is 1. The van der Waals surface area contributed by atoms with E-state index < -0.39 is 0 Å². The normalized spacial score (nSPS) is 26.2. The minimum Gasteiger partial charge on any atom is -0.369 e. The number of rotatable bonds is 1. The van der Waals surface area contributed by atoms with Gasteiger partial charge < -0.3 is 5.73 Å². The Kier molecular flexibility index (Phi) is 1.57. The Labute approximate surface area is 70.7 Å². The molecule has 62 valence electrons. The Morgan fingerprint density at radius 2 is 2.50 bits per heavy atom. The minimum absolute atomic E-state index is 0.0487. The first-order valence-electron chi connectivity index (χ1n) is 4.00. The number of aliphatic imine (C=N–C) groups is 1. The molecule has 2 N–H and O–H groups in total. The van der Waals surface area contributed by atoms with E-state index in [1.165, 1.54) is 0 Å². The average Bonchev–Trinajstić information content (AvgIpc) is 2.49. The number of allylic oxidation sites excluding steroid dienone is 3. The van der Waals surface area contributed by atoms with Crippen LogP contribution in [0.1, 0.15) is 12.8 Å². The summed E-state index contributed by atoms with van der Waals surface area (Å²) in [5.41, 5.74) is 7.37. The lowest BCUT2D eigenvalue weighted by atomic mass is 9.88. The van der Waals surface area contributed by atoms with Crippen molar-refractivity contribution in [1.29, 1.82) is 0 Å². The smallest absolute Gasteiger partial charge is 0.221 e. The number of nitrogens with zero attached hydrogens (tertiary/aromatic N) is 1. The second-order valence-corrected chi connectivity index (χ2v) is 3.09. The van der Waals surface area contributed by atoms with Gasteiger partial charge >= 0.3 is 0 Å². The number of fused-ring (bicyclic) bond motifs is 1. The van der Waals surface area contributed by atoms with Gasteiger partial charge in [-0.2, -0.15) is 0 Å². The molecule has 0 spiro atoms. The van der Waals surface area contributed by atoms with Crippen LogP contribution in [-0.4, -0.2) is 11.6 Å². The Bertz CT molecular complexity index is 312. The van der Waals surface area contributed by atoms with E-state index in [1.807, 2.05) is 12.2 Å². The van der Waals surface area contributed by atoms with Gasteiger partial charge in [0.1, 0.15) is 0 Å². The molecule has 2 rings (SSSR count). The molecule has 1 heterocycles. The van der Waals surface area contributed by atoms with Gasteiger partial charge in [-0.05, 0) is 18.1 Å². The Hall–Kier alpha value is -1.38. The SMILES string of the molecule is NC(=O)C1CC=C2C=CN=C2C1. The van der Waals surface area contributed by atoms with Crippen molar-refractivity contribution in [1.82, 2.24) is 0 Å². The van der Waals surface area contributed by atoms with E-state index in [-0.39, 0.29) is 11.8 Å². The summed E-state index contributed by atoms with van der Waals surface area (Å²) in [6.07, 6.45) is 7.22. The van der Waals surface area contributed by atoms with E-state index in [2.05, 4.69) is 4.99 Å². The third kappa shape index (κ3) is 1.07. The van der Waals surface area contributed by atoms with Gasteiger partial charge in [0.25, 0.3) is 0 Å². The first-order valence-corrected chi connectivity index (χ1v) is 4.00. The van der Waals surface area contributed by atoms with E-state index >= 15 is 0 Å². The van der Waals surface area contributed by atoms with Crippen molar-refractivity contribution >= 4 is 11.6 Å². The van der Waals surface area contributed by atoms with Crippen molar-refractivity contribution in [2.45, 2.75) is 12.8 Å². The maximum absolute atomic E-state index is 10.9. The number of hydrogen-bond acceptors (Lipinski definition) is 2. The largest absolute Gasteiger partial charge is 0.369 e. The number of primary amides is 1. The lowest BCUT2D eigenvalue weighted by Crippen LogP contribution is -2.27. The second-order valence-electron chi connectivity index (χ2n) is 3.09. The molecule has 0 saturated carbocycles. The van der Waals surface area contributed by atoms with Gasteiger partial charge in [0, 0.05) is 24.3 Å². The van der Waals surface area contributed by atoms with Gasteiger partial charge in [0.05, 0.1) is 0 Å². The molecule has 2 aliphatic rings. The topological polar surface area (TPSA) is 55.5 Å². The molecular formula is C9H10N2O. The van der Waals surface area contributed by atoms with Crippen LogP contribution >= 0.6 is 0 Å². The molecular weight excluding hydrogens is 152 g/mol. The van der Waals surface area contributed by atoms with E-state index in [9.17, 15) is 4.79 Å². The van der Waals surface area contributed by atoms with Crippen LogP contribution in [0.25, 0.3) is 0 Å². The molecule has 12 heavy (non-hydrogen) atoms. The molecule has 1 unspecified atom stereocenters. The summed E-state index contributed by atoms with van der Waals surface area (Å²) in [4.78, 5) is 15.0. The third-order valence-electron chi connectivity index (χ3n) is 2.28. The van der Waals surface area contributed by atoms with Crippen LogP contribution < -0.4 is 5.73 Å². The predicted octanol–water partition coefficient (Wildman–Crippen LogP) is 0.776. The molecule has 0 aromatic heterocycles. The number of nitrogens with two attached hydrogens (primary N) is 1. The zero-order valence-corrected chi connectivity index (χ0v) is 6.66. The molecule has 0 aromatic rings. The Balaban J connectivity index is 2.21. The van der Waals surface area contributed by atoms with Crippen molar-refractivity contribution < 1.29 is 4.79 Å². The second kappa shape index (κ2) is 2.59. The van der Waals surface area contributed by atoms with E-state index in [1.54, 1.807) is 6.20 Å². The molecule has 1 aliphatic carbocycles. The summed E-state index contributed by atoms with van der Waals surface area (Å²) in [5, 5.41) is 0. The zero-order valence-electron chi connectivity index (χ0n) is 6.66. The molecule has 0 radical (unpaired) electrons. The molecule has 0 bridgehead atoms. The fraction of sp³-hybridized carbons (Fsp3) is 0.333. The van der Waals surface area contributed by atoms with Gasteiger partial charge in [-0.25, -0.2) is 0 Å². The summed E-state index contributed by atoms with van der Waals surface area (Å²) in [6.45, 7) is 0. The molecule has 1 amide bonds. The third-order valence-corrected chi connectivity index (χ3v) is 2.28. The quantitative estimate of drug-likeness (QED) is 0.608. The van der Waals surface area contributed by atoms with Gasteiger partial charge in [-0.1, -0.05) is 6.08 Å². The highest BCUT2D eigenvalue weighted by Crippen LogP contribution is 2.25. The lowest BCUT2D eigenvalue weighted by molar-refractivity contribution is -0.121.